The molecule has 1 aromatic rings. The molecule has 0 spiro atoms. The van der Waals surface area contributed by atoms with Crippen LogP contribution in [-0.2, 0) is 4.79 Å². The maximum absolute atomic E-state index is 12.2. The number of carbonyl (C=O) groups is 1. The molecule has 1 fully saturated rings. The predicted octanol–water partition coefficient (Wildman–Crippen LogP) is 2.31. The van der Waals surface area contributed by atoms with E-state index >= 15 is 0 Å². The van der Waals surface area contributed by atoms with Gasteiger partial charge < -0.3 is 10.6 Å². The van der Waals surface area contributed by atoms with Crippen LogP contribution in [0.1, 0.15) is 26.2 Å². The van der Waals surface area contributed by atoms with E-state index in [1.165, 1.54) is 0 Å². The van der Waals surface area contributed by atoms with Gasteiger partial charge in [0, 0.05) is 0 Å². The summed E-state index contributed by atoms with van der Waals surface area (Å²) in [6, 6.07) is 3.65. The van der Waals surface area contributed by atoms with Gasteiger partial charge in [-0.25, -0.2) is 4.98 Å². The summed E-state index contributed by atoms with van der Waals surface area (Å²) in [5.41, 5.74) is 0.275. The molecule has 4 nitrogen and oxygen atoms in total. The number of carbonyl (C=O) groups excluding carboxylic acids is 1. The van der Waals surface area contributed by atoms with Gasteiger partial charge in [-0.2, -0.15) is 0 Å². The molecule has 1 unspecified atom stereocenters. The number of aromatic nitrogens is 1. The third kappa shape index (κ3) is 3.04. The maximum Gasteiger partial charge on any atom is 0.244 e. The molecule has 1 aliphatic heterocycles. The van der Waals surface area contributed by atoms with Gasteiger partial charge in [0.15, 0.2) is 0 Å². The largest absolute Gasteiger partial charge is 0.323 e. The van der Waals surface area contributed by atoms with Crippen LogP contribution in [-0.4, -0.2) is 23.0 Å². The topological polar surface area (TPSA) is 54.0 Å². The Morgan fingerprint density at radius 2 is 2.35 bits per heavy atom. The number of anilines is 1. The number of piperidine rings is 1. The summed E-state index contributed by atoms with van der Waals surface area (Å²) in [4.78, 5) is 16.2. The van der Waals surface area contributed by atoms with Gasteiger partial charge in [0.05, 0.1) is 17.4 Å². The number of rotatable bonds is 2. The van der Waals surface area contributed by atoms with Crippen LogP contribution in [0.3, 0.4) is 0 Å². The zero-order chi connectivity index (χ0) is 12.3. The van der Waals surface area contributed by atoms with E-state index in [9.17, 15) is 4.79 Å². The molecule has 92 valence electrons. The molecular formula is C12H16BrN3O. The number of amides is 1. The van der Waals surface area contributed by atoms with Gasteiger partial charge in [0.2, 0.25) is 5.91 Å². The third-order valence-electron chi connectivity index (χ3n) is 3.11. The first-order valence-corrected chi connectivity index (χ1v) is 6.57. The van der Waals surface area contributed by atoms with E-state index in [1.807, 2.05) is 19.1 Å². The standard InChI is InChI=1S/C12H16BrN3O/c1-12(6-2-3-7-15-12)11(17)16-9-4-5-10(13)14-8-9/h4-5,8,15H,2-3,6-7H2,1H3,(H,16,17). The monoisotopic (exact) mass is 297 g/mol. The van der Waals surface area contributed by atoms with Gasteiger partial charge in [0.1, 0.15) is 4.60 Å². The van der Waals surface area contributed by atoms with Crippen LogP contribution in [0.2, 0.25) is 0 Å². The van der Waals surface area contributed by atoms with Crippen molar-refractivity contribution in [2.24, 2.45) is 0 Å². The fourth-order valence-electron chi connectivity index (χ4n) is 1.97. The first-order chi connectivity index (χ1) is 8.10. The van der Waals surface area contributed by atoms with E-state index in [0.29, 0.717) is 0 Å². The normalized spacial score (nSPS) is 24.4. The minimum Gasteiger partial charge on any atom is -0.323 e. The molecule has 17 heavy (non-hydrogen) atoms. The second kappa shape index (κ2) is 5.14. The average molecular weight is 298 g/mol. The Balaban J connectivity index is 2.03. The van der Waals surface area contributed by atoms with Gasteiger partial charge in [0.25, 0.3) is 0 Å². The van der Waals surface area contributed by atoms with Crippen molar-refractivity contribution in [3.05, 3.63) is 22.9 Å². The molecule has 0 aromatic carbocycles. The second-order valence-corrected chi connectivity index (χ2v) is 5.35. The van der Waals surface area contributed by atoms with E-state index in [0.717, 1.165) is 36.1 Å². The summed E-state index contributed by atoms with van der Waals surface area (Å²) >= 11 is 3.26. The summed E-state index contributed by atoms with van der Waals surface area (Å²) in [5, 5.41) is 6.18. The number of nitrogens with zero attached hydrogens (tertiary/aromatic N) is 1. The smallest absolute Gasteiger partial charge is 0.244 e. The van der Waals surface area contributed by atoms with Gasteiger partial charge >= 0.3 is 0 Å². The van der Waals surface area contributed by atoms with Crippen molar-refractivity contribution >= 4 is 27.5 Å². The quantitative estimate of drug-likeness (QED) is 0.824. The van der Waals surface area contributed by atoms with Crippen LogP contribution in [0.4, 0.5) is 5.69 Å². The van der Waals surface area contributed by atoms with E-state index in [4.69, 9.17) is 0 Å². The fraction of sp³-hybridized carbons (Fsp3) is 0.500. The Bertz CT molecular complexity index is 399. The minimum absolute atomic E-state index is 0.0151. The van der Waals surface area contributed by atoms with Crippen molar-refractivity contribution < 1.29 is 4.79 Å². The van der Waals surface area contributed by atoms with E-state index < -0.39 is 5.54 Å². The molecule has 1 amide bonds. The van der Waals surface area contributed by atoms with Crippen LogP contribution in [0, 0.1) is 0 Å². The summed E-state index contributed by atoms with van der Waals surface area (Å²) in [6.45, 7) is 2.86. The number of nitrogens with one attached hydrogen (secondary N) is 2. The number of halogens is 1. The average Bonchev–Trinajstić information content (AvgIpc) is 2.33. The lowest BCUT2D eigenvalue weighted by Gasteiger charge is -2.33. The molecule has 2 heterocycles. The van der Waals surface area contributed by atoms with Crippen LogP contribution >= 0.6 is 15.9 Å². The molecule has 2 N–H and O–H groups in total. The number of pyridine rings is 1. The predicted molar refractivity (Wildman–Crippen MR) is 70.8 cm³/mol. The van der Waals surface area contributed by atoms with Gasteiger partial charge in [-0.15, -0.1) is 0 Å². The fourth-order valence-corrected chi connectivity index (χ4v) is 2.20. The highest BCUT2D eigenvalue weighted by atomic mass is 79.9. The molecule has 5 heteroatoms. The summed E-state index contributed by atoms with van der Waals surface area (Å²) in [6.07, 6.45) is 4.76. The van der Waals surface area contributed by atoms with Crippen molar-refractivity contribution in [1.29, 1.82) is 0 Å². The highest BCUT2D eigenvalue weighted by Gasteiger charge is 2.34. The molecule has 1 aromatic heterocycles. The van der Waals surface area contributed by atoms with Gasteiger partial charge in [-0.1, -0.05) is 0 Å². The molecule has 0 radical (unpaired) electrons. The van der Waals surface area contributed by atoms with Gasteiger partial charge in [-0.3, -0.25) is 4.79 Å². The molecule has 1 saturated heterocycles. The van der Waals surface area contributed by atoms with Crippen LogP contribution in [0.25, 0.3) is 0 Å². The Morgan fingerprint density at radius 3 is 2.94 bits per heavy atom. The molecule has 1 aliphatic rings. The zero-order valence-electron chi connectivity index (χ0n) is 9.79. The Kier molecular flexibility index (Phi) is 3.79. The SMILES string of the molecule is CC1(C(=O)Nc2ccc(Br)nc2)CCCCN1. The number of hydrogen-bond donors (Lipinski definition) is 2. The van der Waals surface area contributed by atoms with Crippen LogP contribution < -0.4 is 10.6 Å². The first-order valence-electron chi connectivity index (χ1n) is 5.78. The summed E-state index contributed by atoms with van der Waals surface area (Å²) in [7, 11) is 0. The van der Waals surface area contributed by atoms with Crippen LogP contribution in [0.5, 0.6) is 0 Å². The third-order valence-corrected chi connectivity index (χ3v) is 3.57. The molecule has 1 atom stereocenters. The van der Waals surface area contributed by atoms with E-state index in [-0.39, 0.29) is 5.91 Å². The van der Waals surface area contributed by atoms with Crippen molar-refractivity contribution in [1.82, 2.24) is 10.3 Å². The van der Waals surface area contributed by atoms with Crippen molar-refractivity contribution in [2.75, 3.05) is 11.9 Å². The summed E-state index contributed by atoms with van der Waals surface area (Å²) in [5.74, 6) is 0.0151. The minimum atomic E-state index is -0.453. The van der Waals surface area contributed by atoms with E-state index in [2.05, 4.69) is 31.5 Å². The molecule has 0 aliphatic carbocycles. The second-order valence-electron chi connectivity index (χ2n) is 4.54. The van der Waals surface area contributed by atoms with Crippen LogP contribution in [0.15, 0.2) is 22.9 Å². The maximum atomic E-state index is 12.2. The molecule has 2 rings (SSSR count). The first kappa shape index (κ1) is 12.5. The zero-order valence-corrected chi connectivity index (χ0v) is 11.4. The molecular weight excluding hydrogens is 282 g/mol. The highest BCUT2D eigenvalue weighted by Crippen LogP contribution is 2.21. The highest BCUT2D eigenvalue weighted by molar-refractivity contribution is 9.10. The lowest BCUT2D eigenvalue weighted by Crippen LogP contribution is -2.54. The van der Waals surface area contributed by atoms with Crippen molar-refractivity contribution in [3.8, 4) is 0 Å². The lowest BCUT2D eigenvalue weighted by atomic mass is 9.90. The Morgan fingerprint density at radius 1 is 1.53 bits per heavy atom. The Labute approximate surface area is 109 Å². The summed E-state index contributed by atoms with van der Waals surface area (Å²) < 4.78 is 0.762. The lowest BCUT2D eigenvalue weighted by molar-refractivity contribution is -0.122. The Hall–Kier alpha value is -0.940. The number of hydrogen-bond acceptors (Lipinski definition) is 3. The molecule has 0 saturated carbocycles. The van der Waals surface area contributed by atoms with E-state index in [1.54, 1.807) is 6.20 Å². The molecule has 0 bridgehead atoms. The van der Waals surface area contributed by atoms with Crippen molar-refractivity contribution in [3.63, 3.8) is 0 Å². The van der Waals surface area contributed by atoms with Crippen molar-refractivity contribution in [2.45, 2.75) is 31.7 Å². The van der Waals surface area contributed by atoms with Gasteiger partial charge in [-0.05, 0) is 60.8 Å².